The number of rotatable bonds is 5. The van der Waals surface area contributed by atoms with Crippen molar-refractivity contribution in [3.63, 3.8) is 0 Å². The first-order valence-electron chi connectivity index (χ1n) is 7.59. The Bertz CT molecular complexity index is 821. The molecule has 1 aromatic heterocycles. The molecular weight excluding hydrogens is 331 g/mol. The lowest BCUT2D eigenvalue weighted by atomic mass is 10.0. The molecule has 0 unspecified atom stereocenters. The number of carbonyl (C=O) groups excluding carboxylic acids is 1. The third kappa shape index (κ3) is 3.62. The Kier molecular flexibility index (Phi) is 4.90. The molecule has 0 amide bonds. The Morgan fingerprint density at radius 2 is 2.21 bits per heavy atom. The second kappa shape index (κ2) is 7.09. The Morgan fingerprint density at radius 3 is 2.96 bits per heavy atom. The van der Waals surface area contributed by atoms with Crippen molar-refractivity contribution in [3.05, 3.63) is 63.7 Å². The van der Waals surface area contributed by atoms with Crippen molar-refractivity contribution in [2.24, 2.45) is 4.99 Å². The van der Waals surface area contributed by atoms with E-state index < -0.39 is 5.82 Å². The molecule has 0 saturated heterocycles. The molecule has 0 fully saturated rings. The third-order valence-electron chi connectivity index (χ3n) is 3.92. The molecule has 0 spiro atoms. The van der Waals surface area contributed by atoms with Crippen LogP contribution >= 0.6 is 11.6 Å². The average molecular weight is 347 g/mol. The number of ketones is 1. The summed E-state index contributed by atoms with van der Waals surface area (Å²) >= 11 is 5.75. The van der Waals surface area contributed by atoms with E-state index in [9.17, 15) is 9.18 Å². The van der Waals surface area contributed by atoms with Gasteiger partial charge in [-0.1, -0.05) is 17.7 Å². The number of fused-ring (bicyclic) bond motifs is 1. The summed E-state index contributed by atoms with van der Waals surface area (Å²) in [5.41, 5.74) is 3.47. The van der Waals surface area contributed by atoms with Gasteiger partial charge < -0.3 is 4.74 Å². The largest absolute Gasteiger partial charge is 0.481 e. The highest BCUT2D eigenvalue weighted by molar-refractivity contribution is 6.30. The van der Waals surface area contributed by atoms with Crippen LogP contribution in [0.4, 0.5) is 4.39 Å². The van der Waals surface area contributed by atoms with Gasteiger partial charge in [0.2, 0.25) is 5.90 Å². The number of hydrogen-bond acceptors (Lipinski definition) is 4. The van der Waals surface area contributed by atoms with E-state index in [-0.39, 0.29) is 17.2 Å². The fourth-order valence-corrected chi connectivity index (χ4v) is 2.86. The molecule has 0 bridgehead atoms. The smallest absolute Gasteiger partial charge is 0.218 e. The maximum absolute atomic E-state index is 13.1. The first-order valence-corrected chi connectivity index (χ1v) is 7.97. The van der Waals surface area contributed by atoms with Crippen LogP contribution in [0.1, 0.15) is 28.8 Å². The zero-order valence-corrected chi connectivity index (χ0v) is 13.9. The minimum absolute atomic E-state index is 0.0776. The van der Waals surface area contributed by atoms with Gasteiger partial charge >= 0.3 is 0 Å². The summed E-state index contributed by atoms with van der Waals surface area (Å²) in [5, 5.41) is 0.0779. The van der Waals surface area contributed by atoms with Gasteiger partial charge in [0.25, 0.3) is 0 Å². The van der Waals surface area contributed by atoms with Crippen molar-refractivity contribution in [3.8, 4) is 0 Å². The number of Topliss-reactive ketones (excluding diaryl/α,β-unsaturated/α-hetero) is 1. The summed E-state index contributed by atoms with van der Waals surface area (Å²) in [6, 6.07) is 6.42. The van der Waals surface area contributed by atoms with Crippen molar-refractivity contribution in [1.29, 1.82) is 0 Å². The molecule has 3 rings (SSSR count). The van der Waals surface area contributed by atoms with Crippen molar-refractivity contribution in [1.82, 2.24) is 4.98 Å². The van der Waals surface area contributed by atoms with Gasteiger partial charge in [0.15, 0.2) is 0 Å². The fourth-order valence-electron chi connectivity index (χ4n) is 2.65. The lowest BCUT2D eigenvalue weighted by molar-refractivity contribution is -0.118. The Labute approximate surface area is 144 Å². The van der Waals surface area contributed by atoms with Crippen LogP contribution in [0, 0.1) is 5.82 Å². The standard InChI is InChI=1S/C18H16ClFN2O2/c1-24-18-15-10-21-13(7-12(15)9-22-18)8-14(23)4-2-11-3-5-17(20)16(19)6-11/h3,5-7,10H,2,4,8-9H2,1H3. The van der Waals surface area contributed by atoms with E-state index in [0.717, 1.165) is 22.4 Å². The number of pyridine rings is 1. The number of benzene rings is 1. The van der Waals surface area contributed by atoms with Gasteiger partial charge in [0.1, 0.15) is 11.6 Å². The van der Waals surface area contributed by atoms with Gasteiger partial charge in [-0.2, -0.15) is 0 Å². The summed E-state index contributed by atoms with van der Waals surface area (Å²) in [6.07, 6.45) is 2.86. The van der Waals surface area contributed by atoms with E-state index in [2.05, 4.69) is 9.98 Å². The molecule has 24 heavy (non-hydrogen) atoms. The monoisotopic (exact) mass is 346 g/mol. The van der Waals surface area contributed by atoms with E-state index in [4.69, 9.17) is 16.3 Å². The van der Waals surface area contributed by atoms with Gasteiger partial charge in [-0.3, -0.25) is 9.78 Å². The van der Waals surface area contributed by atoms with Gasteiger partial charge in [0.05, 0.1) is 24.2 Å². The summed E-state index contributed by atoms with van der Waals surface area (Å²) in [7, 11) is 1.58. The third-order valence-corrected chi connectivity index (χ3v) is 4.21. The minimum atomic E-state index is -0.452. The van der Waals surface area contributed by atoms with Crippen LogP contribution in [0.5, 0.6) is 0 Å². The highest BCUT2D eigenvalue weighted by atomic mass is 35.5. The van der Waals surface area contributed by atoms with Crippen LogP contribution < -0.4 is 0 Å². The number of aliphatic imine (C=N–C) groups is 1. The Hall–Kier alpha value is -2.27. The number of halogens is 2. The first kappa shape index (κ1) is 16.6. The molecular formula is C18H16ClFN2O2. The van der Waals surface area contributed by atoms with E-state index >= 15 is 0 Å². The highest BCUT2D eigenvalue weighted by Crippen LogP contribution is 2.20. The molecule has 124 valence electrons. The molecule has 6 heteroatoms. The molecule has 0 radical (unpaired) electrons. The molecule has 0 N–H and O–H groups in total. The van der Waals surface area contributed by atoms with Crippen LogP contribution in [-0.2, 0) is 28.9 Å². The van der Waals surface area contributed by atoms with E-state index in [0.29, 0.717) is 25.3 Å². The number of aromatic nitrogens is 1. The van der Waals surface area contributed by atoms with Crippen LogP contribution in [0.15, 0.2) is 35.5 Å². The first-order chi connectivity index (χ1) is 11.6. The summed E-state index contributed by atoms with van der Waals surface area (Å²) in [5.74, 6) is 0.212. The van der Waals surface area contributed by atoms with Crippen LogP contribution in [0.2, 0.25) is 5.02 Å². The summed E-state index contributed by atoms with van der Waals surface area (Å²) in [4.78, 5) is 20.7. The second-order valence-electron chi connectivity index (χ2n) is 5.62. The highest BCUT2D eigenvalue weighted by Gasteiger charge is 2.18. The van der Waals surface area contributed by atoms with Crippen molar-refractivity contribution >= 4 is 23.3 Å². The van der Waals surface area contributed by atoms with E-state index in [1.165, 1.54) is 6.07 Å². The molecule has 1 aromatic carbocycles. The minimum Gasteiger partial charge on any atom is -0.481 e. The summed E-state index contributed by atoms with van der Waals surface area (Å²) < 4.78 is 18.3. The second-order valence-corrected chi connectivity index (χ2v) is 6.03. The van der Waals surface area contributed by atoms with Gasteiger partial charge in [-0.05, 0) is 35.7 Å². The summed E-state index contributed by atoms with van der Waals surface area (Å²) in [6.45, 7) is 0.552. The molecule has 0 aliphatic carbocycles. The van der Waals surface area contributed by atoms with Crippen molar-refractivity contribution < 1.29 is 13.9 Å². The Morgan fingerprint density at radius 1 is 1.38 bits per heavy atom. The SMILES string of the molecule is COC1=NCc2cc(CC(=O)CCc3ccc(F)c(Cl)c3)ncc21. The topological polar surface area (TPSA) is 51.5 Å². The normalized spacial score (nSPS) is 12.7. The molecule has 0 saturated carbocycles. The van der Waals surface area contributed by atoms with Crippen LogP contribution in [0.25, 0.3) is 0 Å². The fraction of sp³-hybridized carbons (Fsp3) is 0.278. The van der Waals surface area contributed by atoms with Gasteiger partial charge in [-0.15, -0.1) is 0 Å². The molecule has 0 atom stereocenters. The maximum atomic E-state index is 13.1. The van der Waals surface area contributed by atoms with Gasteiger partial charge in [0, 0.05) is 24.7 Å². The Balaban J connectivity index is 1.58. The number of carbonyl (C=O) groups is 1. The molecule has 1 aliphatic rings. The predicted molar refractivity (Wildman–Crippen MR) is 89.9 cm³/mol. The number of methoxy groups -OCH3 is 1. The average Bonchev–Trinajstić information content (AvgIpc) is 2.98. The van der Waals surface area contributed by atoms with Crippen molar-refractivity contribution in [2.75, 3.05) is 7.11 Å². The quantitative estimate of drug-likeness (QED) is 0.832. The zero-order chi connectivity index (χ0) is 17.1. The molecule has 2 heterocycles. The number of hydrogen-bond donors (Lipinski definition) is 0. The number of ether oxygens (including phenoxy) is 1. The van der Waals surface area contributed by atoms with E-state index in [1.54, 1.807) is 25.4 Å². The van der Waals surface area contributed by atoms with E-state index in [1.807, 2.05) is 6.07 Å². The maximum Gasteiger partial charge on any atom is 0.218 e. The van der Waals surface area contributed by atoms with Crippen molar-refractivity contribution in [2.45, 2.75) is 25.8 Å². The van der Waals surface area contributed by atoms with Crippen LogP contribution in [-0.4, -0.2) is 23.8 Å². The number of nitrogens with zero attached hydrogens (tertiary/aromatic N) is 2. The van der Waals surface area contributed by atoms with Gasteiger partial charge in [-0.25, -0.2) is 9.38 Å². The number of aryl methyl sites for hydroxylation is 1. The molecule has 2 aromatic rings. The predicted octanol–water partition coefficient (Wildman–Crippen LogP) is 3.53. The lowest BCUT2D eigenvalue weighted by Crippen LogP contribution is -2.08. The zero-order valence-electron chi connectivity index (χ0n) is 13.2. The van der Waals surface area contributed by atoms with Crippen LogP contribution in [0.3, 0.4) is 0 Å². The lowest BCUT2D eigenvalue weighted by Gasteiger charge is -2.05. The molecule has 4 nitrogen and oxygen atoms in total. The molecule has 1 aliphatic heterocycles.